The van der Waals surface area contributed by atoms with Crippen LogP contribution in [0.15, 0.2) is 30.3 Å². The van der Waals surface area contributed by atoms with Crippen LogP contribution < -0.4 is 5.32 Å². The van der Waals surface area contributed by atoms with Crippen LogP contribution in [-0.4, -0.2) is 78.1 Å². The first-order valence-electron chi connectivity index (χ1n) is 9.93. The quantitative estimate of drug-likeness (QED) is 0.823. The third kappa shape index (κ3) is 4.34. The smallest absolute Gasteiger partial charge is 0.317 e. The summed E-state index contributed by atoms with van der Waals surface area (Å²) in [5.41, 5.74) is 0.862. The lowest BCUT2D eigenvalue weighted by Gasteiger charge is -2.55. The van der Waals surface area contributed by atoms with Gasteiger partial charge in [0, 0.05) is 50.8 Å². The van der Waals surface area contributed by atoms with Gasteiger partial charge < -0.3 is 10.2 Å². The van der Waals surface area contributed by atoms with E-state index in [1.165, 1.54) is 0 Å². The van der Waals surface area contributed by atoms with Crippen LogP contribution in [0.4, 0.5) is 4.79 Å². The van der Waals surface area contributed by atoms with Crippen LogP contribution in [-0.2, 0) is 16.6 Å². The first-order chi connectivity index (χ1) is 13.1. The first-order valence-corrected chi connectivity index (χ1v) is 11.4. The molecular weight excluding hydrogens is 376 g/mol. The molecule has 2 aliphatic heterocycles. The van der Waals surface area contributed by atoms with E-state index >= 15 is 0 Å². The third-order valence-corrected chi connectivity index (χ3v) is 8.00. The van der Waals surface area contributed by atoms with E-state index in [-0.39, 0.29) is 17.6 Å². The van der Waals surface area contributed by atoms with Crippen molar-refractivity contribution in [2.45, 2.75) is 51.1 Å². The van der Waals surface area contributed by atoms with Gasteiger partial charge >= 0.3 is 6.03 Å². The summed E-state index contributed by atoms with van der Waals surface area (Å²) in [5.74, 6) is 0. The molecule has 0 aromatic heterocycles. The molecule has 1 aromatic rings. The van der Waals surface area contributed by atoms with Gasteiger partial charge in [-0.05, 0) is 33.3 Å². The van der Waals surface area contributed by atoms with Crippen molar-refractivity contribution >= 4 is 16.1 Å². The molecule has 7 nitrogen and oxygen atoms in total. The van der Waals surface area contributed by atoms with E-state index in [9.17, 15) is 13.2 Å². The summed E-state index contributed by atoms with van der Waals surface area (Å²) in [5, 5.41) is 2.57. The fourth-order valence-corrected chi connectivity index (χ4v) is 5.54. The zero-order valence-electron chi connectivity index (χ0n) is 17.3. The monoisotopic (exact) mass is 408 g/mol. The standard InChI is InChI=1S/C20H32N4O3S/c1-16(2)28(26,27)23-10-11-24-18(14-23)13-22(15-20(24,3)4)19(25)21-12-17-8-6-5-7-9-17/h5-9,16,18H,10-15H2,1-4H3,(H,21,25)/t18-/m1/s1. The predicted molar refractivity (Wildman–Crippen MR) is 110 cm³/mol. The number of sulfonamides is 1. The molecular formula is C20H32N4O3S. The fourth-order valence-electron chi connectivity index (χ4n) is 4.23. The highest BCUT2D eigenvalue weighted by molar-refractivity contribution is 7.89. The van der Waals surface area contributed by atoms with Crippen LogP contribution in [0.2, 0.25) is 0 Å². The van der Waals surface area contributed by atoms with Crippen molar-refractivity contribution in [3.05, 3.63) is 35.9 Å². The Bertz CT molecular complexity index is 795. The molecule has 2 heterocycles. The molecule has 0 unspecified atom stereocenters. The van der Waals surface area contributed by atoms with Gasteiger partial charge in [-0.15, -0.1) is 0 Å². The SMILES string of the molecule is CC(C)S(=O)(=O)N1CCN2[C@H](CN(C(=O)NCc3ccccc3)CC2(C)C)C1. The number of amides is 2. The lowest BCUT2D eigenvalue weighted by molar-refractivity contribution is -0.0373. The Morgan fingerprint density at radius 3 is 2.50 bits per heavy atom. The minimum Gasteiger partial charge on any atom is -0.334 e. The van der Waals surface area contributed by atoms with Gasteiger partial charge in [-0.3, -0.25) is 4.90 Å². The van der Waals surface area contributed by atoms with Crippen molar-refractivity contribution in [3.63, 3.8) is 0 Å². The molecule has 0 bridgehead atoms. The Labute approximate surface area is 168 Å². The number of fused-ring (bicyclic) bond motifs is 1. The summed E-state index contributed by atoms with van der Waals surface area (Å²) in [6.45, 7) is 11.0. The Balaban J connectivity index is 1.68. The Morgan fingerprint density at radius 1 is 1.18 bits per heavy atom. The second kappa shape index (κ2) is 8.00. The number of hydrogen-bond donors (Lipinski definition) is 1. The lowest BCUT2D eigenvalue weighted by Crippen LogP contribution is -2.71. The summed E-state index contributed by atoms with van der Waals surface area (Å²) in [6, 6.07) is 9.74. The van der Waals surface area contributed by atoms with Gasteiger partial charge in [-0.1, -0.05) is 30.3 Å². The maximum absolute atomic E-state index is 12.8. The molecule has 0 spiro atoms. The lowest BCUT2D eigenvalue weighted by atomic mass is 9.93. The van der Waals surface area contributed by atoms with Crippen molar-refractivity contribution in [1.29, 1.82) is 0 Å². The number of rotatable bonds is 4. The van der Waals surface area contributed by atoms with Crippen molar-refractivity contribution in [2.75, 3.05) is 32.7 Å². The number of carbonyl (C=O) groups is 1. The van der Waals surface area contributed by atoms with Crippen molar-refractivity contribution in [3.8, 4) is 0 Å². The third-order valence-electron chi connectivity index (χ3n) is 5.76. The summed E-state index contributed by atoms with van der Waals surface area (Å²) >= 11 is 0. The summed E-state index contributed by atoms with van der Waals surface area (Å²) < 4.78 is 26.8. The van der Waals surface area contributed by atoms with E-state index in [2.05, 4.69) is 24.1 Å². The molecule has 2 fully saturated rings. The molecule has 0 saturated carbocycles. The predicted octanol–water partition coefficient (Wildman–Crippen LogP) is 1.71. The molecule has 2 saturated heterocycles. The first kappa shape index (κ1) is 21.1. The molecule has 3 rings (SSSR count). The Morgan fingerprint density at radius 2 is 1.86 bits per heavy atom. The molecule has 0 radical (unpaired) electrons. The number of carbonyl (C=O) groups excluding carboxylic acids is 1. The van der Waals surface area contributed by atoms with Crippen molar-refractivity contribution in [1.82, 2.24) is 19.4 Å². The normalized spacial score (nSPS) is 23.5. The number of nitrogens with one attached hydrogen (secondary N) is 1. The molecule has 2 aliphatic rings. The molecule has 1 aromatic carbocycles. The minimum absolute atomic E-state index is 0.00787. The summed E-state index contributed by atoms with van der Waals surface area (Å²) in [4.78, 5) is 17.0. The second-order valence-electron chi connectivity index (χ2n) is 8.64. The number of nitrogens with zero attached hydrogens (tertiary/aromatic N) is 3. The molecule has 0 aliphatic carbocycles. The van der Waals surface area contributed by atoms with Crippen LogP contribution in [0.5, 0.6) is 0 Å². The van der Waals surface area contributed by atoms with Gasteiger partial charge in [0.1, 0.15) is 0 Å². The summed E-state index contributed by atoms with van der Waals surface area (Å²) in [7, 11) is -3.28. The van der Waals surface area contributed by atoms with E-state index in [0.29, 0.717) is 39.3 Å². The van der Waals surface area contributed by atoms with Crippen LogP contribution >= 0.6 is 0 Å². The Hall–Kier alpha value is -1.64. The van der Waals surface area contributed by atoms with Crippen LogP contribution in [0.3, 0.4) is 0 Å². The van der Waals surface area contributed by atoms with E-state index in [1.54, 1.807) is 18.2 Å². The molecule has 1 N–H and O–H groups in total. The highest BCUT2D eigenvalue weighted by Crippen LogP contribution is 2.29. The topological polar surface area (TPSA) is 73.0 Å². The molecule has 28 heavy (non-hydrogen) atoms. The Kier molecular flexibility index (Phi) is 6.03. The zero-order chi connectivity index (χ0) is 20.5. The average Bonchev–Trinajstić information content (AvgIpc) is 2.65. The largest absolute Gasteiger partial charge is 0.334 e. The summed E-state index contributed by atoms with van der Waals surface area (Å²) in [6.07, 6.45) is 0. The molecule has 1 atom stereocenters. The van der Waals surface area contributed by atoms with Crippen LogP contribution in [0.25, 0.3) is 0 Å². The molecule has 2 amide bonds. The molecule has 156 valence electrons. The van der Waals surface area contributed by atoms with E-state index in [0.717, 1.165) is 5.56 Å². The van der Waals surface area contributed by atoms with E-state index < -0.39 is 15.3 Å². The number of benzene rings is 1. The molecule has 8 heteroatoms. The van der Waals surface area contributed by atoms with Gasteiger partial charge in [0.15, 0.2) is 0 Å². The van der Waals surface area contributed by atoms with E-state index in [4.69, 9.17) is 0 Å². The van der Waals surface area contributed by atoms with Crippen LogP contribution in [0, 0.1) is 0 Å². The highest BCUT2D eigenvalue weighted by Gasteiger charge is 2.45. The van der Waals surface area contributed by atoms with Gasteiger partial charge in [-0.2, -0.15) is 4.31 Å². The zero-order valence-corrected chi connectivity index (χ0v) is 18.1. The maximum Gasteiger partial charge on any atom is 0.317 e. The van der Waals surface area contributed by atoms with E-state index in [1.807, 2.05) is 35.2 Å². The second-order valence-corrected chi connectivity index (χ2v) is 11.1. The van der Waals surface area contributed by atoms with Crippen molar-refractivity contribution in [2.24, 2.45) is 0 Å². The number of urea groups is 1. The van der Waals surface area contributed by atoms with Gasteiger partial charge in [0.2, 0.25) is 10.0 Å². The van der Waals surface area contributed by atoms with Gasteiger partial charge in [0.25, 0.3) is 0 Å². The van der Waals surface area contributed by atoms with Crippen molar-refractivity contribution < 1.29 is 13.2 Å². The fraction of sp³-hybridized carbons (Fsp3) is 0.650. The minimum atomic E-state index is -3.28. The van der Waals surface area contributed by atoms with Gasteiger partial charge in [0.05, 0.1) is 5.25 Å². The van der Waals surface area contributed by atoms with Gasteiger partial charge in [-0.25, -0.2) is 13.2 Å². The number of piperazine rings is 2. The maximum atomic E-state index is 12.8. The van der Waals surface area contributed by atoms with Crippen LogP contribution in [0.1, 0.15) is 33.3 Å². The number of hydrogen-bond acceptors (Lipinski definition) is 4. The highest BCUT2D eigenvalue weighted by atomic mass is 32.2. The average molecular weight is 409 g/mol.